The largest absolute Gasteiger partial charge is 0.477 e. The average molecular weight is 389 g/mol. The van der Waals surface area contributed by atoms with Gasteiger partial charge in [0.25, 0.3) is 5.91 Å². The van der Waals surface area contributed by atoms with Gasteiger partial charge in [-0.3, -0.25) is 4.79 Å². The van der Waals surface area contributed by atoms with Crippen LogP contribution in [0.1, 0.15) is 36.5 Å². The highest BCUT2D eigenvalue weighted by Gasteiger charge is 2.23. The lowest BCUT2D eigenvalue weighted by atomic mass is 10.0. The summed E-state index contributed by atoms with van der Waals surface area (Å²) in [6.45, 7) is 3.12. The van der Waals surface area contributed by atoms with Gasteiger partial charge >= 0.3 is 0 Å². The fourth-order valence-corrected chi connectivity index (χ4v) is 2.81. The van der Waals surface area contributed by atoms with Crippen molar-refractivity contribution in [3.8, 4) is 17.0 Å². The number of nitrogens with zero attached hydrogens (tertiary/aromatic N) is 1. The second-order valence-corrected chi connectivity index (χ2v) is 7.44. The number of benzene rings is 1. The van der Waals surface area contributed by atoms with Crippen LogP contribution < -0.4 is 10.1 Å². The van der Waals surface area contributed by atoms with E-state index in [4.69, 9.17) is 16.3 Å². The molecule has 27 heavy (non-hydrogen) atoms. The molecule has 6 heteroatoms. The standard InChI is InChI=1S/C21H25ClN2O3/c1-2-14(12-25)10-23-20(26)17-9-19(16-5-7-18(22)8-6-16)21(24-11-17)27-13-15-3-4-15/h5-9,11,14-15,25H,2-4,10,12-13H2,1H3,(H,23,26)/t14-/m0/s1. The van der Waals surface area contributed by atoms with E-state index in [1.807, 2.05) is 19.1 Å². The molecule has 0 spiro atoms. The summed E-state index contributed by atoms with van der Waals surface area (Å²) >= 11 is 6.00. The van der Waals surface area contributed by atoms with Crippen LogP contribution >= 0.6 is 11.6 Å². The molecule has 1 atom stereocenters. The number of carbonyl (C=O) groups is 1. The molecule has 3 rings (SSSR count). The lowest BCUT2D eigenvalue weighted by Crippen LogP contribution is -2.30. The number of ether oxygens (including phenoxy) is 1. The highest BCUT2D eigenvalue weighted by molar-refractivity contribution is 6.30. The first-order valence-corrected chi connectivity index (χ1v) is 9.76. The number of amides is 1. The van der Waals surface area contributed by atoms with Crippen molar-refractivity contribution in [2.24, 2.45) is 11.8 Å². The van der Waals surface area contributed by atoms with Gasteiger partial charge in [-0.05, 0) is 54.9 Å². The Balaban J connectivity index is 1.81. The quantitative estimate of drug-likeness (QED) is 0.682. The van der Waals surface area contributed by atoms with Crippen LogP contribution in [0.2, 0.25) is 5.02 Å². The first-order valence-electron chi connectivity index (χ1n) is 9.38. The molecule has 0 unspecified atom stereocenters. The molecule has 1 amide bonds. The van der Waals surface area contributed by atoms with E-state index in [1.54, 1.807) is 18.2 Å². The van der Waals surface area contributed by atoms with E-state index in [-0.39, 0.29) is 18.4 Å². The van der Waals surface area contributed by atoms with Gasteiger partial charge in [-0.15, -0.1) is 0 Å². The Hall–Kier alpha value is -2.11. The first-order chi connectivity index (χ1) is 13.1. The van der Waals surface area contributed by atoms with Crippen molar-refractivity contribution in [2.45, 2.75) is 26.2 Å². The fourth-order valence-electron chi connectivity index (χ4n) is 2.69. The summed E-state index contributed by atoms with van der Waals surface area (Å²) in [5.74, 6) is 0.983. The van der Waals surface area contributed by atoms with Gasteiger partial charge in [-0.2, -0.15) is 0 Å². The molecule has 1 aliphatic carbocycles. The van der Waals surface area contributed by atoms with Crippen molar-refractivity contribution in [3.63, 3.8) is 0 Å². The molecule has 0 radical (unpaired) electrons. The predicted molar refractivity (Wildman–Crippen MR) is 106 cm³/mol. The molecule has 1 heterocycles. The smallest absolute Gasteiger partial charge is 0.252 e. The highest BCUT2D eigenvalue weighted by Crippen LogP contribution is 2.33. The van der Waals surface area contributed by atoms with Crippen molar-refractivity contribution in [3.05, 3.63) is 47.1 Å². The van der Waals surface area contributed by atoms with Crippen molar-refractivity contribution in [2.75, 3.05) is 19.8 Å². The molecule has 2 aromatic rings. The zero-order valence-corrected chi connectivity index (χ0v) is 16.2. The number of aliphatic hydroxyl groups is 1. The maximum Gasteiger partial charge on any atom is 0.252 e. The molecular formula is C21H25ClN2O3. The number of aliphatic hydroxyl groups excluding tert-OH is 1. The lowest BCUT2D eigenvalue weighted by molar-refractivity contribution is 0.0939. The number of hydrogen-bond donors (Lipinski definition) is 2. The van der Waals surface area contributed by atoms with Gasteiger partial charge in [0.1, 0.15) is 0 Å². The lowest BCUT2D eigenvalue weighted by Gasteiger charge is -2.14. The van der Waals surface area contributed by atoms with Crippen LogP contribution in [0.4, 0.5) is 0 Å². The van der Waals surface area contributed by atoms with E-state index in [1.165, 1.54) is 19.0 Å². The summed E-state index contributed by atoms with van der Waals surface area (Å²) in [6, 6.07) is 9.20. The van der Waals surface area contributed by atoms with E-state index in [0.717, 1.165) is 17.5 Å². The van der Waals surface area contributed by atoms with Gasteiger partial charge in [0.2, 0.25) is 5.88 Å². The minimum absolute atomic E-state index is 0.0544. The summed E-state index contributed by atoms with van der Waals surface area (Å²) in [5, 5.41) is 12.8. The number of rotatable bonds is 9. The van der Waals surface area contributed by atoms with Crippen LogP contribution in [0, 0.1) is 11.8 Å². The van der Waals surface area contributed by atoms with Gasteiger partial charge in [-0.1, -0.05) is 30.7 Å². The Morgan fingerprint density at radius 3 is 2.74 bits per heavy atom. The predicted octanol–water partition coefficient (Wildman–Crippen LogP) is 3.94. The summed E-state index contributed by atoms with van der Waals surface area (Å²) in [6.07, 6.45) is 4.73. The van der Waals surface area contributed by atoms with E-state index in [2.05, 4.69) is 10.3 Å². The SMILES string of the molecule is CC[C@H](CO)CNC(=O)c1cnc(OCC2CC2)c(-c2ccc(Cl)cc2)c1. The molecular weight excluding hydrogens is 364 g/mol. The molecule has 0 aliphatic heterocycles. The molecule has 1 aromatic carbocycles. The Morgan fingerprint density at radius 1 is 1.37 bits per heavy atom. The van der Waals surface area contributed by atoms with Gasteiger partial charge in [0.15, 0.2) is 0 Å². The summed E-state index contributed by atoms with van der Waals surface area (Å²) in [7, 11) is 0. The molecule has 0 saturated heterocycles. The second-order valence-electron chi connectivity index (χ2n) is 7.00. The fraction of sp³-hybridized carbons (Fsp3) is 0.429. The third-order valence-electron chi connectivity index (χ3n) is 4.81. The third-order valence-corrected chi connectivity index (χ3v) is 5.06. The highest BCUT2D eigenvalue weighted by atomic mass is 35.5. The van der Waals surface area contributed by atoms with E-state index < -0.39 is 0 Å². The number of nitrogens with one attached hydrogen (secondary N) is 1. The molecule has 1 aromatic heterocycles. The summed E-state index contributed by atoms with van der Waals surface area (Å²) < 4.78 is 5.90. The number of carbonyl (C=O) groups excluding carboxylic acids is 1. The number of aromatic nitrogens is 1. The first kappa shape index (κ1) is 19.6. The Labute approximate surface area is 164 Å². The maximum absolute atomic E-state index is 12.5. The van der Waals surface area contributed by atoms with Crippen LogP contribution in [0.3, 0.4) is 0 Å². The van der Waals surface area contributed by atoms with Crippen LogP contribution in [-0.4, -0.2) is 35.8 Å². The normalized spacial score (nSPS) is 14.6. The molecule has 1 saturated carbocycles. The van der Waals surface area contributed by atoms with Crippen LogP contribution in [0.5, 0.6) is 5.88 Å². The molecule has 1 aliphatic rings. The van der Waals surface area contributed by atoms with Crippen molar-refractivity contribution < 1.29 is 14.6 Å². The monoisotopic (exact) mass is 388 g/mol. The van der Waals surface area contributed by atoms with Crippen molar-refractivity contribution in [1.82, 2.24) is 10.3 Å². The third kappa shape index (κ3) is 5.44. The topological polar surface area (TPSA) is 71.5 Å². The Morgan fingerprint density at radius 2 is 2.11 bits per heavy atom. The zero-order chi connectivity index (χ0) is 19.2. The van der Waals surface area contributed by atoms with Crippen molar-refractivity contribution >= 4 is 17.5 Å². The van der Waals surface area contributed by atoms with Gasteiger partial charge in [-0.25, -0.2) is 4.98 Å². The number of pyridine rings is 1. The number of hydrogen-bond acceptors (Lipinski definition) is 4. The molecule has 0 bridgehead atoms. The van der Waals surface area contributed by atoms with E-state index in [9.17, 15) is 9.90 Å². The molecule has 5 nitrogen and oxygen atoms in total. The summed E-state index contributed by atoms with van der Waals surface area (Å²) in [4.78, 5) is 16.9. The summed E-state index contributed by atoms with van der Waals surface area (Å²) in [5.41, 5.74) is 2.13. The van der Waals surface area contributed by atoms with E-state index >= 15 is 0 Å². The van der Waals surface area contributed by atoms with Crippen LogP contribution in [0.15, 0.2) is 36.5 Å². The minimum atomic E-state index is -0.210. The maximum atomic E-state index is 12.5. The Bertz CT molecular complexity index is 771. The van der Waals surface area contributed by atoms with Crippen molar-refractivity contribution in [1.29, 1.82) is 0 Å². The van der Waals surface area contributed by atoms with E-state index in [0.29, 0.717) is 35.5 Å². The van der Waals surface area contributed by atoms with Crippen LogP contribution in [0.25, 0.3) is 11.1 Å². The average Bonchev–Trinajstić information content (AvgIpc) is 3.52. The molecule has 144 valence electrons. The van der Waals surface area contributed by atoms with Gasteiger partial charge in [0.05, 0.1) is 12.2 Å². The Kier molecular flexibility index (Phi) is 6.69. The number of halogens is 1. The second kappa shape index (κ2) is 9.20. The zero-order valence-electron chi connectivity index (χ0n) is 15.5. The van der Waals surface area contributed by atoms with Gasteiger partial charge in [0, 0.05) is 29.9 Å². The molecule has 1 fully saturated rings. The molecule has 2 N–H and O–H groups in total. The van der Waals surface area contributed by atoms with Crippen LogP contribution in [-0.2, 0) is 0 Å². The van der Waals surface area contributed by atoms with Gasteiger partial charge < -0.3 is 15.2 Å². The minimum Gasteiger partial charge on any atom is -0.477 e.